The van der Waals surface area contributed by atoms with E-state index in [2.05, 4.69) is 17.6 Å². The number of nitrogens with one attached hydrogen (secondary N) is 2. The lowest BCUT2D eigenvalue weighted by atomic mass is 10.2. The van der Waals surface area contributed by atoms with Gasteiger partial charge in [-0.05, 0) is 25.5 Å². The number of rotatable bonds is 9. The van der Waals surface area contributed by atoms with Gasteiger partial charge in [0.05, 0.1) is 0 Å². The zero-order chi connectivity index (χ0) is 13.1. The van der Waals surface area contributed by atoms with Crippen molar-refractivity contribution in [3.05, 3.63) is 0 Å². The summed E-state index contributed by atoms with van der Waals surface area (Å²) in [6, 6.07) is -0.0245. The molecule has 0 aromatic heterocycles. The first kappa shape index (κ1) is 16.1. The summed E-state index contributed by atoms with van der Waals surface area (Å²) in [7, 11) is 0. The summed E-state index contributed by atoms with van der Waals surface area (Å²) < 4.78 is 0. The van der Waals surface area contributed by atoms with Crippen molar-refractivity contribution < 1.29 is 14.7 Å². The van der Waals surface area contributed by atoms with Crippen molar-refractivity contribution in [1.29, 1.82) is 0 Å². The molecule has 0 spiro atoms. The molecule has 17 heavy (non-hydrogen) atoms. The number of urea groups is 1. The van der Waals surface area contributed by atoms with Crippen LogP contribution in [-0.2, 0) is 4.79 Å². The van der Waals surface area contributed by atoms with Gasteiger partial charge in [0.25, 0.3) is 0 Å². The molecule has 3 N–H and O–H groups in total. The number of hydrogen-bond acceptors (Lipinski definition) is 3. The standard InChI is InChI=1S/C11H22N2O3S/c1-3-17-8-9(2)13-11(16)12-7-5-4-6-10(14)15/h9H,3-8H2,1-2H3,(H,14,15)(H2,12,13,16). The lowest BCUT2D eigenvalue weighted by molar-refractivity contribution is -0.137. The van der Waals surface area contributed by atoms with E-state index in [4.69, 9.17) is 5.11 Å². The number of carboxylic acid groups (broad SMARTS) is 1. The molecule has 2 amide bonds. The van der Waals surface area contributed by atoms with Gasteiger partial charge in [0, 0.05) is 24.8 Å². The van der Waals surface area contributed by atoms with Gasteiger partial charge >= 0.3 is 12.0 Å². The van der Waals surface area contributed by atoms with Crippen LogP contribution in [0.3, 0.4) is 0 Å². The quantitative estimate of drug-likeness (QED) is 0.552. The van der Waals surface area contributed by atoms with E-state index in [9.17, 15) is 9.59 Å². The number of carbonyl (C=O) groups excluding carboxylic acids is 1. The average molecular weight is 262 g/mol. The van der Waals surface area contributed by atoms with Crippen LogP contribution in [0.15, 0.2) is 0 Å². The molecule has 5 nitrogen and oxygen atoms in total. The maximum Gasteiger partial charge on any atom is 0.315 e. The first-order chi connectivity index (χ1) is 8.06. The molecule has 0 radical (unpaired) electrons. The largest absolute Gasteiger partial charge is 0.481 e. The van der Waals surface area contributed by atoms with Crippen LogP contribution in [0, 0.1) is 0 Å². The maximum atomic E-state index is 11.4. The zero-order valence-corrected chi connectivity index (χ0v) is 11.3. The van der Waals surface area contributed by atoms with Crippen LogP contribution in [0.5, 0.6) is 0 Å². The highest BCUT2D eigenvalue weighted by atomic mass is 32.2. The minimum atomic E-state index is -0.792. The zero-order valence-electron chi connectivity index (χ0n) is 10.5. The van der Waals surface area contributed by atoms with E-state index >= 15 is 0 Å². The summed E-state index contributed by atoms with van der Waals surface area (Å²) in [5, 5.41) is 14.0. The summed E-state index contributed by atoms with van der Waals surface area (Å²) >= 11 is 1.79. The van der Waals surface area contributed by atoms with Crippen molar-refractivity contribution in [2.45, 2.75) is 39.2 Å². The Morgan fingerprint density at radius 1 is 1.35 bits per heavy atom. The topological polar surface area (TPSA) is 78.4 Å². The second-order valence-corrected chi connectivity index (χ2v) is 5.13. The molecule has 0 fully saturated rings. The molecule has 0 bridgehead atoms. The number of unbranched alkanes of at least 4 members (excludes halogenated alkanes) is 1. The third kappa shape index (κ3) is 11.4. The van der Waals surface area contributed by atoms with Gasteiger partial charge in [-0.2, -0.15) is 11.8 Å². The van der Waals surface area contributed by atoms with Crippen LogP contribution in [-0.4, -0.2) is 41.2 Å². The Morgan fingerprint density at radius 2 is 2.06 bits per heavy atom. The Hall–Kier alpha value is -0.910. The molecule has 0 aromatic carbocycles. The van der Waals surface area contributed by atoms with Gasteiger partial charge in [-0.1, -0.05) is 6.92 Å². The SMILES string of the molecule is CCSCC(C)NC(=O)NCCCCC(=O)O. The van der Waals surface area contributed by atoms with Gasteiger partial charge in [0.2, 0.25) is 0 Å². The van der Waals surface area contributed by atoms with E-state index in [0.717, 1.165) is 11.5 Å². The van der Waals surface area contributed by atoms with E-state index in [1.165, 1.54) is 0 Å². The molecule has 100 valence electrons. The number of thioether (sulfide) groups is 1. The van der Waals surface area contributed by atoms with Crippen LogP contribution < -0.4 is 10.6 Å². The Bertz CT molecular complexity index is 237. The summed E-state index contributed by atoms with van der Waals surface area (Å²) in [6.45, 7) is 4.57. The van der Waals surface area contributed by atoms with Crippen molar-refractivity contribution >= 4 is 23.8 Å². The van der Waals surface area contributed by atoms with Crippen LogP contribution in [0.1, 0.15) is 33.1 Å². The van der Waals surface area contributed by atoms with Gasteiger partial charge < -0.3 is 15.7 Å². The molecular weight excluding hydrogens is 240 g/mol. The van der Waals surface area contributed by atoms with Crippen LogP contribution in [0.25, 0.3) is 0 Å². The van der Waals surface area contributed by atoms with Crippen molar-refractivity contribution in [3.8, 4) is 0 Å². The molecule has 0 aliphatic carbocycles. The smallest absolute Gasteiger partial charge is 0.315 e. The second kappa shape index (κ2) is 10.3. The summed E-state index contributed by atoms with van der Waals surface area (Å²) in [5.41, 5.74) is 0. The maximum absolute atomic E-state index is 11.4. The lowest BCUT2D eigenvalue weighted by Gasteiger charge is -2.13. The van der Waals surface area contributed by atoms with Gasteiger partial charge in [0.1, 0.15) is 0 Å². The number of carbonyl (C=O) groups is 2. The van der Waals surface area contributed by atoms with Gasteiger partial charge in [-0.25, -0.2) is 4.79 Å². The number of aliphatic carboxylic acids is 1. The number of amides is 2. The molecule has 0 aromatic rings. The minimum absolute atomic E-state index is 0.152. The first-order valence-electron chi connectivity index (χ1n) is 5.90. The molecule has 0 saturated heterocycles. The summed E-state index contributed by atoms with van der Waals surface area (Å²) in [4.78, 5) is 21.6. The molecule has 0 rings (SSSR count). The molecular formula is C11H22N2O3S. The average Bonchev–Trinajstić information content (AvgIpc) is 2.25. The highest BCUT2D eigenvalue weighted by molar-refractivity contribution is 7.99. The van der Waals surface area contributed by atoms with E-state index in [1.54, 1.807) is 11.8 Å². The van der Waals surface area contributed by atoms with Gasteiger partial charge in [0.15, 0.2) is 0 Å². The van der Waals surface area contributed by atoms with E-state index in [0.29, 0.717) is 19.4 Å². The third-order valence-electron chi connectivity index (χ3n) is 2.05. The van der Waals surface area contributed by atoms with Crippen molar-refractivity contribution in [3.63, 3.8) is 0 Å². The second-order valence-electron chi connectivity index (χ2n) is 3.81. The summed E-state index contributed by atoms with van der Waals surface area (Å²) in [5.74, 6) is 1.16. The molecule has 1 unspecified atom stereocenters. The van der Waals surface area contributed by atoms with Crippen molar-refractivity contribution in [2.75, 3.05) is 18.1 Å². The molecule has 0 aliphatic rings. The minimum Gasteiger partial charge on any atom is -0.481 e. The molecule has 1 atom stereocenters. The monoisotopic (exact) mass is 262 g/mol. The van der Waals surface area contributed by atoms with E-state index in [1.807, 2.05) is 6.92 Å². The van der Waals surface area contributed by atoms with Crippen LogP contribution >= 0.6 is 11.8 Å². The number of carboxylic acids is 1. The van der Waals surface area contributed by atoms with Gasteiger partial charge in [-0.3, -0.25) is 4.79 Å². The lowest BCUT2D eigenvalue weighted by Crippen LogP contribution is -2.42. The predicted octanol–water partition coefficient (Wildman–Crippen LogP) is 1.68. The van der Waals surface area contributed by atoms with E-state index < -0.39 is 5.97 Å². The van der Waals surface area contributed by atoms with E-state index in [-0.39, 0.29) is 18.5 Å². The predicted molar refractivity (Wildman–Crippen MR) is 70.5 cm³/mol. The normalized spacial score (nSPS) is 11.9. The Kier molecular flexibility index (Phi) is 9.71. The van der Waals surface area contributed by atoms with Crippen LogP contribution in [0.4, 0.5) is 4.79 Å². The molecule has 0 saturated carbocycles. The van der Waals surface area contributed by atoms with Gasteiger partial charge in [-0.15, -0.1) is 0 Å². The van der Waals surface area contributed by atoms with Crippen molar-refractivity contribution in [2.24, 2.45) is 0 Å². The molecule has 0 heterocycles. The molecule has 6 heteroatoms. The highest BCUT2D eigenvalue weighted by Crippen LogP contribution is 2.00. The first-order valence-corrected chi connectivity index (χ1v) is 7.05. The fourth-order valence-corrected chi connectivity index (χ4v) is 1.89. The van der Waals surface area contributed by atoms with Crippen molar-refractivity contribution in [1.82, 2.24) is 10.6 Å². The Balaban J connectivity index is 3.42. The third-order valence-corrected chi connectivity index (χ3v) is 3.20. The Labute approximate surface area is 107 Å². The number of hydrogen-bond donors (Lipinski definition) is 3. The van der Waals surface area contributed by atoms with Crippen LogP contribution in [0.2, 0.25) is 0 Å². The summed E-state index contributed by atoms with van der Waals surface area (Å²) in [6.07, 6.45) is 1.45. The molecule has 0 aliphatic heterocycles. The fraction of sp³-hybridized carbons (Fsp3) is 0.818. The fourth-order valence-electron chi connectivity index (χ4n) is 1.21. The Morgan fingerprint density at radius 3 is 2.65 bits per heavy atom. The highest BCUT2D eigenvalue weighted by Gasteiger charge is 2.05.